The summed E-state index contributed by atoms with van der Waals surface area (Å²) in [5.41, 5.74) is 4.35. The van der Waals surface area contributed by atoms with Crippen LogP contribution in [0.25, 0.3) is 11.5 Å². The van der Waals surface area contributed by atoms with Crippen molar-refractivity contribution in [3.8, 4) is 11.5 Å². The molecule has 1 saturated heterocycles. The second-order valence-electron chi connectivity index (χ2n) is 9.27. The number of aromatic nitrogens is 3. The highest BCUT2D eigenvalue weighted by molar-refractivity contribution is 6.16. The molecule has 37 heavy (non-hydrogen) atoms. The first kappa shape index (κ1) is 23.1. The van der Waals surface area contributed by atoms with Crippen LogP contribution in [0.15, 0.2) is 82.3 Å². The highest BCUT2D eigenvalue weighted by Crippen LogP contribution is 2.30. The van der Waals surface area contributed by atoms with Crippen LogP contribution in [0.1, 0.15) is 16.7 Å². The van der Waals surface area contributed by atoms with Gasteiger partial charge in [-0.3, -0.25) is 9.79 Å². The second kappa shape index (κ2) is 9.94. The van der Waals surface area contributed by atoms with Crippen molar-refractivity contribution in [1.82, 2.24) is 20.1 Å². The first-order chi connectivity index (χ1) is 18.2. The van der Waals surface area contributed by atoms with E-state index in [2.05, 4.69) is 37.3 Å². The third-order valence-electron chi connectivity index (χ3n) is 6.75. The van der Waals surface area contributed by atoms with Crippen LogP contribution in [-0.4, -0.2) is 71.0 Å². The van der Waals surface area contributed by atoms with Crippen LogP contribution in [0.4, 0.5) is 11.8 Å². The van der Waals surface area contributed by atoms with E-state index >= 15 is 0 Å². The number of carbonyl (C=O) groups is 1. The van der Waals surface area contributed by atoms with E-state index in [4.69, 9.17) is 9.41 Å². The third-order valence-corrected chi connectivity index (χ3v) is 6.75. The summed E-state index contributed by atoms with van der Waals surface area (Å²) in [6, 6.07) is 21.7. The van der Waals surface area contributed by atoms with Crippen molar-refractivity contribution < 1.29 is 9.21 Å². The predicted octanol–water partition coefficient (Wildman–Crippen LogP) is 3.28. The first-order valence-corrected chi connectivity index (χ1v) is 12.4. The molecule has 0 saturated carbocycles. The molecule has 2 aliphatic heterocycles. The fourth-order valence-corrected chi connectivity index (χ4v) is 4.74. The Morgan fingerprint density at radius 1 is 0.892 bits per heavy atom. The number of carbonyl (C=O) groups excluding carboxylic acids is 1. The van der Waals surface area contributed by atoms with E-state index in [1.54, 1.807) is 6.20 Å². The van der Waals surface area contributed by atoms with Crippen molar-refractivity contribution in [2.24, 2.45) is 4.99 Å². The molecule has 2 aromatic heterocycles. The Morgan fingerprint density at radius 2 is 1.65 bits per heavy atom. The lowest BCUT2D eigenvalue weighted by atomic mass is 9.96. The number of fused-ring (bicyclic) bond motifs is 1. The SMILES string of the molecule is CN1CCN(c2ncccc2-c2nnc(N[C@H]3N=C(c4ccccc4)c4ccccc4CC3=O)o2)CC1. The molecule has 4 aromatic rings. The number of Topliss-reactive ketones (excluding diaryl/α,β-unsaturated/α-hetero) is 1. The molecule has 9 heteroatoms. The number of nitrogens with zero attached hydrogens (tertiary/aromatic N) is 6. The van der Waals surface area contributed by atoms with Gasteiger partial charge < -0.3 is 19.5 Å². The molecule has 4 heterocycles. The van der Waals surface area contributed by atoms with Gasteiger partial charge in [0, 0.05) is 49.9 Å². The van der Waals surface area contributed by atoms with Crippen molar-refractivity contribution in [3.05, 3.63) is 89.6 Å². The van der Waals surface area contributed by atoms with Crippen LogP contribution in [0.5, 0.6) is 0 Å². The molecule has 1 atom stereocenters. The van der Waals surface area contributed by atoms with Crippen LogP contribution in [0, 0.1) is 0 Å². The van der Waals surface area contributed by atoms with Gasteiger partial charge in [0.25, 0.3) is 5.89 Å². The molecule has 1 fully saturated rings. The maximum atomic E-state index is 13.2. The number of nitrogens with one attached hydrogen (secondary N) is 1. The lowest BCUT2D eigenvalue weighted by molar-refractivity contribution is -0.119. The van der Waals surface area contributed by atoms with Gasteiger partial charge >= 0.3 is 6.01 Å². The van der Waals surface area contributed by atoms with Gasteiger partial charge in [-0.05, 0) is 24.7 Å². The van der Waals surface area contributed by atoms with Crippen LogP contribution in [-0.2, 0) is 11.2 Å². The van der Waals surface area contributed by atoms with E-state index in [9.17, 15) is 4.79 Å². The number of rotatable bonds is 5. The lowest BCUT2D eigenvalue weighted by Gasteiger charge is -2.33. The largest absolute Gasteiger partial charge is 0.403 e. The minimum Gasteiger partial charge on any atom is -0.403 e. The highest BCUT2D eigenvalue weighted by Gasteiger charge is 2.28. The number of hydrogen-bond acceptors (Lipinski definition) is 9. The Labute approximate surface area is 214 Å². The molecule has 2 aromatic carbocycles. The summed E-state index contributed by atoms with van der Waals surface area (Å²) in [4.78, 5) is 27.2. The quantitative estimate of drug-likeness (QED) is 0.452. The zero-order valence-electron chi connectivity index (χ0n) is 20.5. The maximum absolute atomic E-state index is 13.2. The van der Waals surface area contributed by atoms with Crippen LogP contribution < -0.4 is 10.2 Å². The Morgan fingerprint density at radius 3 is 2.49 bits per heavy atom. The molecule has 186 valence electrons. The molecule has 0 unspecified atom stereocenters. The van der Waals surface area contributed by atoms with Gasteiger partial charge in [0.05, 0.1) is 11.3 Å². The van der Waals surface area contributed by atoms with Crippen molar-refractivity contribution in [2.45, 2.75) is 12.6 Å². The normalized spacial score (nSPS) is 18.2. The summed E-state index contributed by atoms with van der Waals surface area (Å²) < 4.78 is 6.00. The topological polar surface area (TPSA) is 99.8 Å². The van der Waals surface area contributed by atoms with E-state index < -0.39 is 6.17 Å². The Hall–Kier alpha value is -4.37. The summed E-state index contributed by atoms with van der Waals surface area (Å²) in [6.45, 7) is 3.66. The number of hydrogen-bond donors (Lipinski definition) is 1. The van der Waals surface area contributed by atoms with Gasteiger partial charge in [-0.2, -0.15) is 0 Å². The number of ketones is 1. The van der Waals surface area contributed by atoms with E-state index in [1.165, 1.54) is 0 Å². The minimum absolute atomic E-state index is 0.0716. The van der Waals surface area contributed by atoms with Crippen molar-refractivity contribution in [2.75, 3.05) is 43.4 Å². The standard InChI is InChI=1S/C28H27N7O2/c1-34-14-16-35(17-15-34)26-22(12-7-13-29-26)27-32-33-28(37-27)31-25-23(36)18-20-10-5-6-11-21(20)24(30-25)19-8-3-2-4-9-19/h2-13,25H,14-18H2,1H3,(H,31,33)/t25-/m1/s1. The summed E-state index contributed by atoms with van der Waals surface area (Å²) >= 11 is 0. The van der Waals surface area contributed by atoms with E-state index in [0.29, 0.717) is 5.89 Å². The molecular formula is C28H27N7O2. The molecule has 0 radical (unpaired) electrons. The number of pyridine rings is 1. The minimum atomic E-state index is -0.859. The summed E-state index contributed by atoms with van der Waals surface area (Å²) in [5.74, 6) is 1.09. The highest BCUT2D eigenvalue weighted by atomic mass is 16.4. The molecule has 1 N–H and O–H groups in total. The lowest BCUT2D eigenvalue weighted by Crippen LogP contribution is -2.45. The molecule has 0 amide bonds. The number of anilines is 2. The van der Waals surface area contributed by atoms with Crippen molar-refractivity contribution >= 4 is 23.3 Å². The fraction of sp³-hybridized carbons (Fsp3) is 0.250. The van der Waals surface area contributed by atoms with Gasteiger partial charge in [0.2, 0.25) is 0 Å². The van der Waals surface area contributed by atoms with Crippen molar-refractivity contribution in [3.63, 3.8) is 0 Å². The summed E-state index contributed by atoms with van der Waals surface area (Å²) in [5, 5.41) is 11.5. The summed E-state index contributed by atoms with van der Waals surface area (Å²) in [6.07, 6.45) is 1.17. The smallest absolute Gasteiger partial charge is 0.317 e. The van der Waals surface area contributed by atoms with Crippen molar-refractivity contribution in [1.29, 1.82) is 0 Å². The Kier molecular flexibility index (Phi) is 6.20. The molecule has 0 bridgehead atoms. The molecule has 0 aliphatic carbocycles. The average molecular weight is 494 g/mol. The average Bonchev–Trinajstić information content (AvgIpc) is 3.35. The fourth-order valence-electron chi connectivity index (χ4n) is 4.74. The number of piperazine rings is 1. The van der Waals surface area contributed by atoms with Gasteiger partial charge in [-0.1, -0.05) is 59.7 Å². The number of benzene rings is 2. The maximum Gasteiger partial charge on any atom is 0.317 e. The second-order valence-corrected chi connectivity index (χ2v) is 9.27. The number of likely N-dealkylation sites (N-methyl/N-ethyl adjacent to an activating group) is 1. The Balaban J connectivity index is 1.30. The van der Waals surface area contributed by atoms with E-state index in [1.807, 2.05) is 66.7 Å². The van der Waals surface area contributed by atoms with E-state index in [-0.39, 0.29) is 18.2 Å². The monoisotopic (exact) mass is 493 g/mol. The van der Waals surface area contributed by atoms with Crippen LogP contribution in [0.3, 0.4) is 0 Å². The van der Waals surface area contributed by atoms with Gasteiger partial charge in [0.15, 0.2) is 11.9 Å². The zero-order valence-corrected chi connectivity index (χ0v) is 20.5. The molecule has 6 rings (SSSR count). The van der Waals surface area contributed by atoms with Gasteiger partial charge in [0.1, 0.15) is 5.82 Å². The molecule has 9 nitrogen and oxygen atoms in total. The third kappa shape index (κ3) is 4.73. The number of aliphatic imine (C=N–C) groups is 1. The van der Waals surface area contributed by atoms with Gasteiger partial charge in [-0.15, -0.1) is 5.10 Å². The summed E-state index contributed by atoms with van der Waals surface area (Å²) in [7, 11) is 2.12. The van der Waals surface area contributed by atoms with Crippen LogP contribution in [0.2, 0.25) is 0 Å². The molecule has 0 spiro atoms. The van der Waals surface area contributed by atoms with Crippen LogP contribution >= 0.6 is 0 Å². The molecular weight excluding hydrogens is 466 g/mol. The zero-order chi connectivity index (χ0) is 25.2. The first-order valence-electron chi connectivity index (χ1n) is 12.4. The predicted molar refractivity (Wildman–Crippen MR) is 142 cm³/mol. The van der Waals surface area contributed by atoms with Gasteiger partial charge in [-0.25, -0.2) is 4.98 Å². The Bertz CT molecular complexity index is 1440. The molecule has 2 aliphatic rings. The van der Waals surface area contributed by atoms with E-state index in [0.717, 1.165) is 60.0 Å².